The molecule has 3 heterocycles. The lowest BCUT2D eigenvalue weighted by atomic mass is 9.94. The molecule has 0 bridgehead atoms. The van der Waals surface area contributed by atoms with Gasteiger partial charge in [-0.15, -0.1) is 10.2 Å². The number of amides is 3. The van der Waals surface area contributed by atoms with Gasteiger partial charge >= 0.3 is 0 Å². The summed E-state index contributed by atoms with van der Waals surface area (Å²) >= 11 is 1.40. The molecule has 1 fully saturated rings. The molecule has 0 N–H and O–H groups in total. The van der Waals surface area contributed by atoms with Crippen molar-refractivity contribution >= 4 is 40.3 Å². The Morgan fingerprint density at radius 1 is 0.829 bits per heavy atom. The summed E-state index contributed by atoms with van der Waals surface area (Å²) in [6, 6.07) is 21.1. The number of imide groups is 1. The summed E-state index contributed by atoms with van der Waals surface area (Å²) in [4.78, 5) is 42.2. The summed E-state index contributed by atoms with van der Waals surface area (Å²) in [6.45, 7) is 2.76. The number of unbranched alkanes of at least 4 members (excludes halogenated alkanes) is 2. The zero-order chi connectivity index (χ0) is 28.2. The highest BCUT2D eigenvalue weighted by atomic mass is 32.2. The molecule has 9 nitrogen and oxygen atoms in total. The molecular weight excluding hydrogens is 538 g/mol. The predicted octanol–water partition coefficient (Wildman–Crippen LogP) is 4.38. The van der Waals surface area contributed by atoms with Crippen LogP contribution in [0.25, 0.3) is 16.5 Å². The van der Waals surface area contributed by atoms with E-state index in [2.05, 4.69) is 10.2 Å². The molecule has 3 amide bonds. The number of carbonyl (C=O) groups excluding carboxylic acids is 3. The Labute approximate surface area is 242 Å². The molecule has 0 spiro atoms. The molecule has 0 atom stereocenters. The van der Waals surface area contributed by atoms with Gasteiger partial charge in [0.2, 0.25) is 5.91 Å². The van der Waals surface area contributed by atoms with E-state index < -0.39 is 0 Å². The Balaban J connectivity index is 1.08. The van der Waals surface area contributed by atoms with Gasteiger partial charge in [0.25, 0.3) is 11.8 Å². The number of thioether (sulfide) groups is 1. The zero-order valence-corrected chi connectivity index (χ0v) is 23.5. The number of carbonyl (C=O) groups is 3. The summed E-state index contributed by atoms with van der Waals surface area (Å²) in [7, 11) is 0. The number of nitrogens with zero attached hydrogens (tertiary/aromatic N) is 5. The van der Waals surface area contributed by atoms with Crippen molar-refractivity contribution in [2.75, 3.05) is 38.6 Å². The second-order valence-electron chi connectivity index (χ2n) is 10.1. The number of benzene rings is 3. The van der Waals surface area contributed by atoms with Crippen LogP contribution in [-0.4, -0.2) is 80.9 Å². The van der Waals surface area contributed by atoms with Crippen molar-refractivity contribution in [2.24, 2.45) is 0 Å². The SMILES string of the molecule is O=C(CSc1nnc(CCCCCN2C(=O)c3cccc4cccc(c34)C2=O)n1-c1ccccc1)N1CCOCC1. The fraction of sp³-hybridized carbons (Fsp3) is 0.323. The number of rotatable bonds is 10. The average molecular weight is 570 g/mol. The topological polar surface area (TPSA) is 97.6 Å². The minimum Gasteiger partial charge on any atom is -0.378 e. The monoisotopic (exact) mass is 569 g/mol. The van der Waals surface area contributed by atoms with Gasteiger partial charge in [0.1, 0.15) is 5.82 Å². The third-order valence-electron chi connectivity index (χ3n) is 7.54. The highest BCUT2D eigenvalue weighted by Gasteiger charge is 2.32. The van der Waals surface area contributed by atoms with Crippen molar-refractivity contribution in [1.29, 1.82) is 0 Å². The average Bonchev–Trinajstić information content (AvgIpc) is 3.43. The Kier molecular flexibility index (Phi) is 8.11. The largest absolute Gasteiger partial charge is 0.378 e. The first-order valence-corrected chi connectivity index (χ1v) is 15.0. The van der Waals surface area contributed by atoms with Crippen LogP contribution in [0.2, 0.25) is 0 Å². The first-order valence-electron chi connectivity index (χ1n) is 14.0. The number of aromatic nitrogens is 3. The number of hydrogen-bond acceptors (Lipinski definition) is 7. The number of ether oxygens (including phenoxy) is 1. The summed E-state index contributed by atoms with van der Waals surface area (Å²) in [5.74, 6) is 0.735. The molecule has 0 radical (unpaired) electrons. The lowest BCUT2D eigenvalue weighted by Gasteiger charge is -2.27. The maximum Gasteiger partial charge on any atom is 0.261 e. The highest BCUT2D eigenvalue weighted by Crippen LogP contribution is 2.30. The Hall–Kier alpha value is -4.02. The van der Waals surface area contributed by atoms with Crippen LogP contribution in [0.5, 0.6) is 0 Å². The van der Waals surface area contributed by atoms with Gasteiger partial charge in [0, 0.05) is 48.3 Å². The van der Waals surface area contributed by atoms with E-state index in [9.17, 15) is 14.4 Å². The predicted molar refractivity (Wildman–Crippen MR) is 156 cm³/mol. The van der Waals surface area contributed by atoms with Crippen LogP contribution < -0.4 is 0 Å². The van der Waals surface area contributed by atoms with Crippen LogP contribution in [0, 0.1) is 0 Å². The molecule has 4 aromatic rings. The van der Waals surface area contributed by atoms with Crippen LogP contribution in [0.3, 0.4) is 0 Å². The van der Waals surface area contributed by atoms with Crippen LogP contribution in [0.4, 0.5) is 0 Å². The smallest absolute Gasteiger partial charge is 0.261 e. The van der Waals surface area contributed by atoms with Gasteiger partial charge in [-0.1, -0.05) is 60.6 Å². The molecule has 1 saturated heterocycles. The van der Waals surface area contributed by atoms with E-state index in [1.165, 1.54) is 16.7 Å². The third-order valence-corrected chi connectivity index (χ3v) is 8.45. The number of aryl methyl sites for hydroxylation is 1. The van der Waals surface area contributed by atoms with E-state index in [1.54, 1.807) is 12.1 Å². The number of para-hydroxylation sites is 1. The Morgan fingerprint density at radius 3 is 2.24 bits per heavy atom. The minimum atomic E-state index is -0.226. The second kappa shape index (κ2) is 12.2. The highest BCUT2D eigenvalue weighted by molar-refractivity contribution is 7.99. The van der Waals surface area contributed by atoms with Gasteiger partial charge in [0.05, 0.1) is 19.0 Å². The van der Waals surface area contributed by atoms with Crippen LogP contribution in [0.15, 0.2) is 71.9 Å². The van der Waals surface area contributed by atoms with Gasteiger partial charge < -0.3 is 9.64 Å². The van der Waals surface area contributed by atoms with Crippen molar-refractivity contribution in [3.05, 3.63) is 83.7 Å². The molecule has 41 heavy (non-hydrogen) atoms. The van der Waals surface area contributed by atoms with Crippen molar-refractivity contribution < 1.29 is 19.1 Å². The van der Waals surface area contributed by atoms with E-state index in [0.717, 1.165) is 35.1 Å². The molecule has 0 saturated carbocycles. The van der Waals surface area contributed by atoms with Crippen LogP contribution in [0.1, 0.15) is 45.8 Å². The minimum absolute atomic E-state index is 0.0723. The molecule has 6 rings (SSSR count). The Bertz CT molecular complexity index is 1530. The molecular formula is C31H31N5O4S. The number of hydrogen-bond donors (Lipinski definition) is 0. The lowest BCUT2D eigenvalue weighted by molar-refractivity contribution is -0.132. The fourth-order valence-electron chi connectivity index (χ4n) is 5.44. The van der Waals surface area contributed by atoms with Crippen LogP contribution >= 0.6 is 11.8 Å². The first-order chi connectivity index (χ1) is 20.1. The summed E-state index contributed by atoms with van der Waals surface area (Å²) in [5.41, 5.74) is 2.13. The normalized spacial score (nSPS) is 15.1. The molecule has 3 aromatic carbocycles. The van der Waals surface area contributed by atoms with Gasteiger partial charge in [-0.3, -0.25) is 23.9 Å². The summed E-state index contributed by atoms with van der Waals surface area (Å²) < 4.78 is 7.38. The van der Waals surface area contributed by atoms with Crippen LogP contribution in [-0.2, 0) is 16.0 Å². The quantitative estimate of drug-likeness (QED) is 0.159. The third kappa shape index (κ3) is 5.62. The molecule has 2 aliphatic heterocycles. The van der Waals surface area contributed by atoms with Gasteiger partial charge in [0.15, 0.2) is 5.16 Å². The molecule has 0 unspecified atom stereocenters. The molecule has 210 valence electrons. The Morgan fingerprint density at radius 2 is 1.54 bits per heavy atom. The van der Waals surface area contributed by atoms with Crippen molar-refractivity contribution in [3.8, 4) is 5.69 Å². The van der Waals surface area contributed by atoms with E-state index in [0.29, 0.717) is 67.7 Å². The maximum atomic E-state index is 13.2. The fourth-order valence-corrected chi connectivity index (χ4v) is 6.31. The molecule has 10 heteroatoms. The summed E-state index contributed by atoms with van der Waals surface area (Å²) in [5, 5.41) is 11.2. The summed E-state index contributed by atoms with van der Waals surface area (Å²) in [6.07, 6.45) is 3.03. The van der Waals surface area contributed by atoms with E-state index in [4.69, 9.17) is 4.74 Å². The van der Waals surface area contributed by atoms with Crippen molar-refractivity contribution in [3.63, 3.8) is 0 Å². The van der Waals surface area contributed by atoms with Gasteiger partial charge in [-0.05, 0) is 42.5 Å². The standard InChI is InChI=1S/C31H31N5O4S/c37-27(34-17-19-40-20-18-34)21-41-31-33-32-26(36(31)23-11-3-1-4-12-23)15-5-2-6-16-35-29(38)24-13-7-9-22-10-8-14-25(28(22)24)30(35)39/h1,3-4,7-14H,2,5-6,15-21H2. The second-order valence-corrected chi connectivity index (χ2v) is 11.1. The number of morpholine rings is 1. The zero-order valence-electron chi connectivity index (χ0n) is 22.7. The van der Waals surface area contributed by atoms with Gasteiger partial charge in [-0.25, -0.2) is 0 Å². The first kappa shape index (κ1) is 27.2. The van der Waals surface area contributed by atoms with Gasteiger partial charge in [-0.2, -0.15) is 0 Å². The van der Waals surface area contributed by atoms with E-state index in [-0.39, 0.29) is 17.7 Å². The lowest BCUT2D eigenvalue weighted by Crippen LogP contribution is -2.41. The maximum absolute atomic E-state index is 13.2. The van der Waals surface area contributed by atoms with Crippen molar-refractivity contribution in [1.82, 2.24) is 24.6 Å². The molecule has 1 aromatic heterocycles. The van der Waals surface area contributed by atoms with E-state index in [1.807, 2.05) is 64.1 Å². The molecule has 0 aliphatic carbocycles. The van der Waals surface area contributed by atoms with E-state index >= 15 is 0 Å². The van der Waals surface area contributed by atoms with Crippen molar-refractivity contribution in [2.45, 2.75) is 30.8 Å². The molecule has 2 aliphatic rings.